The van der Waals surface area contributed by atoms with E-state index < -0.39 is 27.0 Å². The number of aromatic nitrogens is 1. The number of nitrogens with one attached hydrogen (secondary N) is 1. The van der Waals surface area contributed by atoms with Crippen LogP contribution in [0.2, 0.25) is 0 Å². The minimum absolute atomic E-state index is 0.303. The summed E-state index contributed by atoms with van der Waals surface area (Å²) >= 11 is 0. The molecule has 0 aliphatic carbocycles. The van der Waals surface area contributed by atoms with Crippen LogP contribution in [0.1, 0.15) is 11.7 Å². The second-order valence-electron chi connectivity index (χ2n) is 4.32. The molecule has 1 unspecified atom stereocenters. The van der Waals surface area contributed by atoms with Gasteiger partial charge < -0.3 is 10.8 Å². The summed E-state index contributed by atoms with van der Waals surface area (Å²) in [5, 5.41) is 9.21. The first kappa shape index (κ1) is 15.4. The molecule has 0 saturated heterocycles. The predicted octanol–water partition coefficient (Wildman–Crippen LogP) is 0.815. The molecule has 112 valence electrons. The molecule has 4 N–H and O–H groups in total. The topological polar surface area (TPSA) is 105 Å². The lowest BCUT2D eigenvalue weighted by atomic mass is 10.1. The number of aliphatic hydroxyl groups excluding tert-OH is 1. The van der Waals surface area contributed by atoms with Crippen LogP contribution >= 0.6 is 0 Å². The van der Waals surface area contributed by atoms with Crippen LogP contribution < -0.4 is 10.5 Å². The van der Waals surface area contributed by atoms with Crippen molar-refractivity contribution in [1.29, 1.82) is 0 Å². The highest BCUT2D eigenvalue weighted by atomic mass is 32.2. The van der Waals surface area contributed by atoms with Crippen molar-refractivity contribution in [1.82, 2.24) is 9.71 Å². The van der Waals surface area contributed by atoms with Gasteiger partial charge in [-0.05, 0) is 29.8 Å². The summed E-state index contributed by atoms with van der Waals surface area (Å²) in [6.07, 6.45) is 0.0979. The van der Waals surface area contributed by atoms with E-state index in [-0.39, 0.29) is 6.54 Å². The summed E-state index contributed by atoms with van der Waals surface area (Å²) in [7, 11) is -4.12. The molecule has 0 radical (unpaired) electrons. The standard InChI is InChI=1S/C13H14FN3O3S/c14-11-2-1-7-16-13(11)21(19,20)17-8-12(18)9-3-5-10(15)6-4-9/h1-7,12,17-18H,8,15H2. The van der Waals surface area contributed by atoms with Crippen molar-refractivity contribution in [3.8, 4) is 0 Å². The van der Waals surface area contributed by atoms with Gasteiger partial charge in [-0.15, -0.1) is 0 Å². The molecule has 0 bridgehead atoms. The third kappa shape index (κ3) is 3.75. The Morgan fingerprint density at radius 2 is 1.95 bits per heavy atom. The molecular weight excluding hydrogens is 297 g/mol. The molecule has 1 heterocycles. The van der Waals surface area contributed by atoms with Gasteiger partial charge in [0.2, 0.25) is 5.03 Å². The number of benzene rings is 1. The van der Waals surface area contributed by atoms with Crippen molar-refractivity contribution in [3.63, 3.8) is 0 Å². The van der Waals surface area contributed by atoms with Crippen LogP contribution in [0.15, 0.2) is 47.6 Å². The number of nitrogens with two attached hydrogens (primary N) is 1. The number of pyridine rings is 1. The SMILES string of the molecule is Nc1ccc(C(O)CNS(=O)(=O)c2ncccc2F)cc1. The first-order chi connectivity index (χ1) is 9.90. The van der Waals surface area contributed by atoms with Gasteiger partial charge in [0, 0.05) is 18.4 Å². The average molecular weight is 311 g/mol. The molecule has 6 nitrogen and oxygen atoms in total. The van der Waals surface area contributed by atoms with Gasteiger partial charge in [0.05, 0.1) is 6.10 Å². The van der Waals surface area contributed by atoms with Crippen LogP contribution in [0.5, 0.6) is 0 Å². The number of hydrogen-bond donors (Lipinski definition) is 3. The molecule has 2 rings (SSSR count). The first-order valence-electron chi connectivity index (χ1n) is 6.04. The minimum atomic E-state index is -4.12. The van der Waals surface area contributed by atoms with Gasteiger partial charge in [-0.2, -0.15) is 0 Å². The van der Waals surface area contributed by atoms with Crippen LogP contribution in [0.3, 0.4) is 0 Å². The Labute approximate surface area is 121 Å². The molecule has 21 heavy (non-hydrogen) atoms. The van der Waals surface area contributed by atoms with Gasteiger partial charge >= 0.3 is 0 Å². The lowest BCUT2D eigenvalue weighted by Gasteiger charge is -2.12. The van der Waals surface area contributed by atoms with Gasteiger partial charge in [-0.3, -0.25) is 0 Å². The van der Waals surface area contributed by atoms with Crippen molar-refractivity contribution in [2.24, 2.45) is 0 Å². The zero-order valence-electron chi connectivity index (χ0n) is 10.9. The summed E-state index contributed by atoms with van der Waals surface area (Å²) < 4.78 is 39.3. The van der Waals surface area contributed by atoms with Crippen molar-refractivity contribution in [2.75, 3.05) is 12.3 Å². The van der Waals surface area contributed by atoms with Crippen LogP contribution in [0.4, 0.5) is 10.1 Å². The first-order valence-corrected chi connectivity index (χ1v) is 7.52. The van der Waals surface area contributed by atoms with Crippen LogP contribution in [0, 0.1) is 5.82 Å². The van der Waals surface area contributed by atoms with E-state index in [2.05, 4.69) is 9.71 Å². The molecule has 2 aromatic rings. The second kappa shape index (κ2) is 6.17. The van der Waals surface area contributed by atoms with E-state index in [1.807, 2.05) is 0 Å². The molecule has 1 aromatic heterocycles. The molecule has 0 amide bonds. The Kier molecular flexibility index (Phi) is 4.51. The molecule has 8 heteroatoms. The van der Waals surface area contributed by atoms with E-state index in [1.165, 1.54) is 12.3 Å². The van der Waals surface area contributed by atoms with Crippen LogP contribution in [-0.2, 0) is 10.0 Å². The fourth-order valence-electron chi connectivity index (χ4n) is 1.66. The van der Waals surface area contributed by atoms with Crippen LogP contribution in [-0.4, -0.2) is 25.1 Å². The van der Waals surface area contributed by atoms with E-state index in [1.54, 1.807) is 24.3 Å². The van der Waals surface area contributed by atoms with Gasteiger partial charge in [-0.25, -0.2) is 22.5 Å². The number of anilines is 1. The van der Waals surface area contributed by atoms with Crippen molar-refractivity contribution < 1.29 is 17.9 Å². The number of nitrogens with zero attached hydrogens (tertiary/aromatic N) is 1. The van der Waals surface area contributed by atoms with Crippen molar-refractivity contribution >= 4 is 15.7 Å². The molecule has 1 atom stereocenters. The normalized spacial score (nSPS) is 13.0. The maximum Gasteiger partial charge on any atom is 0.261 e. The lowest BCUT2D eigenvalue weighted by Crippen LogP contribution is -2.29. The summed E-state index contributed by atoms with van der Waals surface area (Å²) in [6.45, 7) is -0.303. The molecular formula is C13H14FN3O3S. The number of halogens is 1. The maximum absolute atomic E-state index is 13.4. The molecule has 0 aliphatic heterocycles. The van der Waals surface area contributed by atoms with Gasteiger partial charge in [-0.1, -0.05) is 12.1 Å². The zero-order valence-corrected chi connectivity index (χ0v) is 11.7. The van der Waals surface area contributed by atoms with E-state index in [0.29, 0.717) is 11.3 Å². The third-order valence-electron chi connectivity index (χ3n) is 2.77. The van der Waals surface area contributed by atoms with Crippen molar-refractivity contribution in [3.05, 3.63) is 54.0 Å². The Morgan fingerprint density at radius 1 is 1.29 bits per heavy atom. The fraction of sp³-hybridized carbons (Fsp3) is 0.154. The zero-order chi connectivity index (χ0) is 15.5. The predicted molar refractivity (Wildman–Crippen MR) is 75.2 cm³/mol. The quantitative estimate of drug-likeness (QED) is 0.709. The van der Waals surface area contributed by atoms with Crippen LogP contribution in [0.25, 0.3) is 0 Å². The number of hydrogen-bond acceptors (Lipinski definition) is 5. The number of sulfonamides is 1. The molecule has 0 spiro atoms. The van der Waals surface area contributed by atoms with Gasteiger partial charge in [0.15, 0.2) is 5.82 Å². The summed E-state index contributed by atoms with van der Waals surface area (Å²) in [5.41, 5.74) is 6.54. The fourth-order valence-corrected chi connectivity index (χ4v) is 2.70. The Bertz CT molecular complexity index is 720. The summed E-state index contributed by atoms with van der Waals surface area (Å²) in [6, 6.07) is 8.62. The number of rotatable bonds is 5. The Morgan fingerprint density at radius 3 is 2.57 bits per heavy atom. The third-order valence-corrected chi connectivity index (χ3v) is 4.12. The highest BCUT2D eigenvalue weighted by molar-refractivity contribution is 7.89. The van der Waals surface area contributed by atoms with Gasteiger partial charge in [0.1, 0.15) is 0 Å². The Hall–Kier alpha value is -2.03. The lowest BCUT2D eigenvalue weighted by molar-refractivity contribution is 0.182. The summed E-state index contributed by atoms with van der Waals surface area (Å²) in [5.74, 6) is -0.952. The highest BCUT2D eigenvalue weighted by Gasteiger charge is 2.21. The highest BCUT2D eigenvalue weighted by Crippen LogP contribution is 2.15. The van der Waals surface area contributed by atoms with E-state index in [0.717, 1.165) is 6.07 Å². The van der Waals surface area contributed by atoms with E-state index >= 15 is 0 Å². The Balaban J connectivity index is 2.08. The monoisotopic (exact) mass is 311 g/mol. The van der Waals surface area contributed by atoms with Crippen molar-refractivity contribution in [2.45, 2.75) is 11.1 Å². The summed E-state index contributed by atoms with van der Waals surface area (Å²) in [4.78, 5) is 3.49. The molecule has 0 saturated carbocycles. The molecule has 0 aliphatic rings. The maximum atomic E-state index is 13.4. The second-order valence-corrected chi connectivity index (χ2v) is 6.01. The van der Waals surface area contributed by atoms with E-state index in [9.17, 15) is 17.9 Å². The smallest absolute Gasteiger partial charge is 0.261 e. The largest absolute Gasteiger partial charge is 0.399 e. The van der Waals surface area contributed by atoms with Gasteiger partial charge in [0.25, 0.3) is 10.0 Å². The number of aliphatic hydroxyl groups is 1. The molecule has 1 aromatic carbocycles. The number of nitrogen functional groups attached to an aromatic ring is 1. The van der Waals surface area contributed by atoms with E-state index in [4.69, 9.17) is 5.73 Å². The minimum Gasteiger partial charge on any atom is -0.399 e. The molecule has 0 fully saturated rings. The average Bonchev–Trinajstić information content (AvgIpc) is 2.46.